The molecule has 0 aliphatic heterocycles. The highest BCUT2D eigenvalue weighted by atomic mass is 31.1. The van der Waals surface area contributed by atoms with Gasteiger partial charge in [-0.15, -0.1) is 0 Å². The van der Waals surface area contributed by atoms with Crippen LogP contribution in [-0.2, 0) is 9.47 Å². The van der Waals surface area contributed by atoms with E-state index in [4.69, 9.17) is 9.47 Å². The average molecular weight is 252 g/mol. The van der Waals surface area contributed by atoms with Gasteiger partial charge in [0.25, 0.3) is 0 Å². The average Bonchev–Trinajstić information content (AvgIpc) is 2.19. The van der Waals surface area contributed by atoms with Crippen molar-refractivity contribution >= 4 is 8.15 Å². The van der Waals surface area contributed by atoms with E-state index in [0.717, 1.165) is 13.1 Å². The second kappa shape index (κ2) is 10.4. The van der Waals surface area contributed by atoms with Gasteiger partial charge >= 0.3 is 0 Å². The van der Waals surface area contributed by atoms with Crippen molar-refractivity contribution in [1.82, 2.24) is 9.80 Å². The summed E-state index contributed by atoms with van der Waals surface area (Å²) in [4.78, 5) is 13.7. The maximum atomic E-state index is 9.57. The number of hydrogen-bond acceptors (Lipinski definition) is 5. The molecule has 0 rings (SSSR count). The summed E-state index contributed by atoms with van der Waals surface area (Å²) < 4.78 is 10.7. The fraction of sp³-hybridized carbons (Fsp3) is 1.00. The summed E-state index contributed by atoms with van der Waals surface area (Å²) in [5.41, 5.74) is 0. The van der Waals surface area contributed by atoms with Crippen LogP contribution < -0.4 is 0 Å². The Morgan fingerprint density at radius 3 is 1.56 bits per heavy atom. The van der Waals surface area contributed by atoms with Crippen LogP contribution in [0.1, 0.15) is 0 Å². The van der Waals surface area contributed by atoms with E-state index in [1.54, 1.807) is 0 Å². The normalized spacial score (nSPS) is 12.0. The lowest BCUT2D eigenvalue weighted by Gasteiger charge is -2.14. The predicted octanol–water partition coefficient (Wildman–Crippen LogP) is 0.447. The molecule has 0 aromatic rings. The third kappa shape index (κ3) is 12.3. The van der Waals surface area contributed by atoms with Gasteiger partial charge in [-0.1, -0.05) is 0 Å². The van der Waals surface area contributed by atoms with Crippen molar-refractivity contribution in [1.29, 1.82) is 0 Å². The molecule has 0 saturated heterocycles. The van der Waals surface area contributed by atoms with Crippen LogP contribution in [0.3, 0.4) is 0 Å². The Labute approximate surface area is 100 Å². The molecule has 5 nitrogen and oxygen atoms in total. The van der Waals surface area contributed by atoms with Gasteiger partial charge in [0.05, 0.1) is 34.1 Å². The Bertz CT molecular complexity index is 143. The Morgan fingerprint density at radius 2 is 1.25 bits per heavy atom. The maximum absolute atomic E-state index is 9.57. The molecule has 1 N–H and O–H groups in total. The number of rotatable bonds is 10. The SMILES string of the molecule is CN(C)CCOCP(O)COCCN(C)C. The monoisotopic (exact) mass is 252 g/mol. The van der Waals surface area contributed by atoms with Crippen molar-refractivity contribution in [2.45, 2.75) is 0 Å². The van der Waals surface area contributed by atoms with Gasteiger partial charge in [-0.2, -0.15) is 0 Å². The number of ether oxygens (including phenoxy) is 2. The molecule has 0 spiro atoms. The van der Waals surface area contributed by atoms with Gasteiger partial charge in [0.2, 0.25) is 0 Å². The second-order valence-corrected chi connectivity index (χ2v) is 5.72. The van der Waals surface area contributed by atoms with Crippen LogP contribution in [0.25, 0.3) is 0 Å². The van der Waals surface area contributed by atoms with Crippen molar-refractivity contribution in [2.75, 3.05) is 67.2 Å². The third-order valence-electron chi connectivity index (χ3n) is 1.85. The molecule has 0 fully saturated rings. The highest BCUT2D eigenvalue weighted by molar-refractivity contribution is 7.51. The zero-order valence-electron chi connectivity index (χ0n) is 10.8. The van der Waals surface area contributed by atoms with Crippen molar-refractivity contribution in [3.05, 3.63) is 0 Å². The molecule has 16 heavy (non-hydrogen) atoms. The summed E-state index contributed by atoms with van der Waals surface area (Å²) in [6.45, 7) is 3.07. The zero-order chi connectivity index (χ0) is 12.4. The van der Waals surface area contributed by atoms with Crippen LogP contribution in [0.15, 0.2) is 0 Å². The highest BCUT2D eigenvalue weighted by Gasteiger charge is 2.04. The lowest BCUT2D eigenvalue weighted by atomic mass is 10.6. The number of likely N-dealkylation sites (N-methyl/N-ethyl adjacent to an activating group) is 2. The minimum atomic E-state index is -1.12. The molecule has 0 aromatic heterocycles. The first-order valence-electron chi connectivity index (χ1n) is 5.41. The Morgan fingerprint density at radius 1 is 0.875 bits per heavy atom. The molecular formula is C10H25N2O3P. The molecule has 0 aromatic carbocycles. The Balaban J connectivity index is 3.21. The molecule has 0 aliphatic rings. The molecule has 0 saturated carbocycles. The van der Waals surface area contributed by atoms with E-state index in [1.165, 1.54) is 0 Å². The van der Waals surface area contributed by atoms with Gasteiger partial charge in [-0.25, -0.2) is 0 Å². The third-order valence-corrected chi connectivity index (χ3v) is 2.81. The lowest BCUT2D eigenvalue weighted by molar-refractivity contribution is 0.134. The fourth-order valence-electron chi connectivity index (χ4n) is 0.871. The van der Waals surface area contributed by atoms with E-state index in [2.05, 4.69) is 0 Å². The van der Waals surface area contributed by atoms with Crippen LogP contribution in [0.2, 0.25) is 0 Å². The van der Waals surface area contributed by atoms with Gasteiger partial charge in [0, 0.05) is 13.1 Å². The van der Waals surface area contributed by atoms with E-state index in [-0.39, 0.29) is 0 Å². The Hall–Kier alpha value is 0.230. The summed E-state index contributed by atoms with van der Waals surface area (Å²) in [7, 11) is 6.86. The maximum Gasteiger partial charge on any atom is 0.0926 e. The van der Waals surface area contributed by atoms with Crippen LogP contribution in [0.4, 0.5) is 0 Å². The van der Waals surface area contributed by atoms with E-state index in [9.17, 15) is 4.89 Å². The van der Waals surface area contributed by atoms with E-state index in [0.29, 0.717) is 25.9 Å². The molecular weight excluding hydrogens is 227 g/mol. The summed E-state index contributed by atoms with van der Waals surface area (Å²) in [6.07, 6.45) is 0.816. The van der Waals surface area contributed by atoms with E-state index in [1.807, 2.05) is 38.0 Å². The number of hydrogen-bond donors (Lipinski definition) is 1. The summed E-state index contributed by atoms with van der Waals surface area (Å²) >= 11 is 0. The molecule has 0 aliphatic carbocycles. The summed E-state index contributed by atoms with van der Waals surface area (Å²) in [5, 5.41) is 0. The largest absolute Gasteiger partial charge is 0.373 e. The standard InChI is InChI=1S/C10H25N2O3P/c1-11(2)5-7-14-9-16(13)10-15-8-6-12(3)4/h13H,5-10H2,1-4H3. The van der Waals surface area contributed by atoms with Crippen molar-refractivity contribution in [3.63, 3.8) is 0 Å². The minimum Gasteiger partial charge on any atom is -0.373 e. The second-order valence-electron chi connectivity index (χ2n) is 4.19. The lowest BCUT2D eigenvalue weighted by Crippen LogP contribution is -2.19. The molecule has 98 valence electrons. The topological polar surface area (TPSA) is 45.2 Å². The van der Waals surface area contributed by atoms with Gasteiger partial charge in [0.1, 0.15) is 0 Å². The summed E-state index contributed by atoms with van der Waals surface area (Å²) in [6, 6.07) is 0. The molecule has 6 heteroatoms. The van der Waals surface area contributed by atoms with Crippen molar-refractivity contribution in [3.8, 4) is 0 Å². The smallest absolute Gasteiger partial charge is 0.0926 e. The highest BCUT2D eigenvalue weighted by Crippen LogP contribution is 2.28. The molecule has 0 bridgehead atoms. The van der Waals surface area contributed by atoms with E-state index >= 15 is 0 Å². The Kier molecular flexibility index (Phi) is 10.5. The van der Waals surface area contributed by atoms with E-state index < -0.39 is 8.15 Å². The van der Waals surface area contributed by atoms with Crippen LogP contribution in [-0.4, -0.2) is 81.9 Å². The molecule has 0 unspecified atom stereocenters. The van der Waals surface area contributed by atoms with Crippen LogP contribution >= 0.6 is 8.15 Å². The molecule has 0 amide bonds. The van der Waals surface area contributed by atoms with Gasteiger partial charge in [0.15, 0.2) is 0 Å². The minimum absolute atomic E-state index is 0.408. The number of nitrogens with zero attached hydrogens (tertiary/aromatic N) is 2. The molecule has 0 atom stereocenters. The molecule has 0 heterocycles. The first-order chi connectivity index (χ1) is 7.52. The van der Waals surface area contributed by atoms with Crippen LogP contribution in [0.5, 0.6) is 0 Å². The van der Waals surface area contributed by atoms with Crippen molar-refractivity contribution < 1.29 is 14.4 Å². The first-order valence-corrected chi connectivity index (χ1v) is 7.07. The van der Waals surface area contributed by atoms with Gasteiger partial charge in [-0.3, -0.25) is 0 Å². The molecule has 0 radical (unpaired) electrons. The van der Waals surface area contributed by atoms with Crippen molar-refractivity contribution in [2.24, 2.45) is 0 Å². The van der Waals surface area contributed by atoms with Gasteiger partial charge < -0.3 is 24.2 Å². The van der Waals surface area contributed by atoms with Crippen LogP contribution in [0, 0.1) is 0 Å². The fourth-order valence-corrected chi connectivity index (χ4v) is 1.63. The predicted molar refractivity (Wildman–Crippen MR) is 67.9 cm³/mol. The zero-order valence-corrected chi connectivity index (χ0v) is 11.7. The summed E-state index contributed by atoms with van der Waals surface area (Å²) in [5.74, 6) is 0. The first kappa shape index (κ1) is 16.2. The quantitative estimate of drug-likeness (QED) is 0.452. The van der Waals surface area contributed by atoms with Gasteiger partial charge in [-0.05, 0) is 28.2 Å².